The minimum absolute atomic E-state index is 0.0995. The molecule has 0 spiro atoms. The Labute approximate surface area is 117 Å². The van der Waals surface area contributed by atoms with Crippen molar-refractivity contribution in [2.24, 2.45) is 0 Å². The van der Waals surface area contributed by atoms with Crippen LogP contribution in [-0.2, 0) is 0 Å². The number of carbonyl (C=O) groups excluding carboxylic acids is 1. The van der Waals surface area contributed by atoms with Crippen molar-refractivity contribution in [2.75, 3.05) is 11.9 Å². The minimum atomic E-state index is -1.66. The first-order valence-corrected chi connectivity index (χ1v) is 5.92. The molecule has 1 N–H and O–H groups in total. The fourth-order valence-corrected chi connectivity index (χ4v) is 1.50. The monoisotopic (exact) mass is 297 g/mol. The maximum absolute atomic E-state index is 13.5. The maximum atomic E-state index is 13.5. The second-order valence-electron chi connectivity index (χ2n) is 3.85. The van der Waals surface area contributed by atoms with Gasteiger partial charge in [-0.15, -0.1) is 0 Å². The Morgan fingerprint density at radius 1 is 1.24 bits per heavy atom. The molecule has 1 aromatic heterocycles. The molecule has 1 heterocycles. The molecule has 1 aromatic carbocycles. The molecule has 5 nitrogen and oxygen atoms in total. The largest absolute Gasteiger partial charge is 0.478 e. The molecule has 0 bridgehead atoms. The number of amides is 1. The standard InChI is InChI=1S/C13H10F3N3O2/c1-2-21-10-5-9(17-6-18-10)13(20)19-8-4-3-7(14)11(15)12(8)16/h3-6H,2H2,1H3,(H,19,20). The van der Waals surface area contributed by atoms with Gasteiger partial charge < -0.3 is 10.1 Å². The van der Waals surface area contributed by atoms with Gasteiger partial charge in [-0.25, -0.2) is 23.1 Å². The van der Waals surface area contributed by atoms with Crippen LogP contribution in [0.5, 0.6) is 5.88 Å². The third-order valence-corrected chi connectivity index (χ3v) is 2.45. The number of rotatable bonds is 4. The van der Waals surface area contributed by atoms with Gasteiger partial charge in [0.25, 0.3) is 5.91 Å². The van der Waals surface area contributed by atoms with Gasteiger partial charge in [0.05, 0.1) is 12.3 Å². The molecular weight excluding hydrogens is 287 g/mol. The minimum Gasteiger partial charge on any atom is -0.478 e. The van der Waals surface area contributed by atoms with Crippen molar-refractivity contribution in [3.05, 3.63) is 47.7 Å². The highest BCUT2D eigenvalue weighted by Crippen LogP contribution is 2.20. The summed E-state index contributed by atoms with van der Waals surface area (Å²) in [6, 6.07) is 2.87. The lowest BCUT2D eigenvalue weighted by Crippen LogP contribution is -2.16. The molecule has 0 radical (unpaired) electrons. The average molecular weight is 297 g/mol. The lowest BCUT2D eigenvalue weighted by atomic mass is 10.2. The van der Waals surface area contributed by atoms with E-state index in [2.05, 4.69) is 15.3 Å². The molecule has 0 unspecified atom stereocenters. The number of nitrogens with one attached hydrogen (secondary N) is 1. The number of aromatic nitrogens is 2. The third-order valence-electron chi connectivity index (χ3n) is 2.45. The molecule has 110 valence electrons. The van der Waals surface area contributed by atoms with E-state index in [0.717, 1.165) is 12.4 Å². The van der Waals surface area contributed by atoms with Crippen LogP contribution in [0.25, 0.3) is 0 Å². The highest BCUT2D eigenvalue weighted by atomic mass is 19.2. The van der Waals surface area contributed by atoms with E-state index in [1.165, 1.54) is 6.07 Å². The van der Waals surface area contributed by atoms with E-state index in [0.29, 0.717) is 12.7 Å². The summed E-state index contributed by atoms with van der Waals surface area (Å²) < 4.78 is 44.4. The molecule has 1 amide bonds. The zero-order valence-corrected chi connectivity index (χ0v) is 10.9. The summed E-state index contributed by atoms with van der Waals surface area (Å²) in [5.74, 6) is -5.12. The maximum Gasteiger partial charge on any atom is 0.274 e. The van der Waals surface area contributed by atoms with Crippen LogP contribution in [0.4, 0.5) is 18.9 Å². The molecule has 0 fully saturated rings. The van der Waals surface area contributed by atoms with Gasteiger partial charge in [-0.3, -0.25) is 4.79 Å². The van der Waals surface area contributed by atoms with Crippen LogP contribution >= 0.6 is 0 Å². The van der Waals surface area contributed by atoms with Gasteiger partial charge in [0.1, 0.15) is 12.0 Å². The third kappa shape index (κ3) is 3.28. The highest BCUT2D eigenvalue weighted by molar-refractivity contribution is 6.03. The van der Waals surface area contributed by atoms with Crippen LogP contribution in [0.3, 0.4) is 0 Å². The van der Waals surface area contributed by atoms with Crippen molar-refractivity contribution in [3.8, 4) is 5.88 Å². The molecule has 0 aliphatic heterocycles. The van der Waals surface area contributed by atoms with Gasteiger partial charge in [-0.05, 0) is 19.1 Å². The lowest BCUT2D eigenvalue weighted by Gasteiger charge is -2.07. The van der Waals surface area contributed by atoms with Crippen molar-refractivity contribution in [1.82, 2.24) is 9.97 Å². The summed E-state index contributed by atoms with van der Waals surface area (Å²) in [4.78, 5) is 19.3. The fourth-order valence-electron chi connectivity index (χ4n) is 1.50. The fraction of sp³-hybridized carbons (Fsp3) is 0.154. The summed E-state index contributed by atoms with van der Waals surface area (Å²) in [7, 11) is 0. The molecule has 8 heteroatoms. The van der Waals surface area contributed by atoms with Gasteiger partial charge in [0.2, 0.25) is 5.88 Å². The van der Waals surface area contributed by atoms with E-state index in [9.17, 15) is 18.0 Å². The van der Waals surface area contributed by atoms with Crippen molar-refractivity contribution in [1.29, 1.82) is 0 Å². The molecule has 0 atom stereocenters. The second-order valence-corrected chi connectivity index (χ2v) is 3.85. The van der Waals surface area contributed by atoms with E-state index in [4.69, 9.17) is 4.74 Å². The highest BCUT2D eigenvalue weighted by Gasteiger charge is 2.17. The quantitative estimate of drug-likeness (QED) is 0.881. The van der Waals surface area contributed by atoms with Crippen LogP contribution in [0.2, 0.25) is 0 Å². The number of nitrogens with zero attached hydrogens (tertiary/aromatic N) is 2. The normalized spacial score (nSPS) is 10.3. The Kier molecular flexibility index (Phi) is 4.36. The number of benzene rings is 1. The lowest BCUT2D eigenvalue weighted by molar-refractivity contribution is 0.102. The first kappa shape index (κ1) is 14.8. The van der Waals surface area contributed by atoms with Crippen molar-refractivity contribution >= 4 is 11.6 Å². The number of anilines is 1. The first-order valence-electron chi connectivity index (χ1n) is 5.92. The summed E-state index contributed by atoms with van der Waals surface area (Å²) >= 11 is 0. The van der Waals surface area contributed by atoms with Crippen LogP contribution in [0.15, 0.2) is 24.5 Å². The topological polar surface area (TPSA) is 64.1 Å². The number of carbonyl (C=O) groups is 1. The Bertz CT molecular complexity index is 680. The summed E-state index contributed by atoms with van der Waals surface area (Å²) in [5.41, 5.74) is -0.590. The molecule has 21 heavy (non-hydrogen) atoms. The molecule has 2 rings (SSSR count). The zero-order chi connectivity index (χ0) is 15.4. The van der Waals surface area contributed by atoms with E-state index in [-0.39, 0.29) is 11.6 Å². The van der Waals surface area contributed by atoms with Gasteiger partial charge >= 0.3 is 0 Å². The van der Waals surface area contributed by atoms with Gasteiger partial charge in [0, 0.05) is 6.07 Å². The first-order chi connectivity index (χ1) is 10.0. The molecular formula is C13H10F3N3O2. The predicted molar refractivity (Wildman–Crippen MR) is 67.5 cm³/mol. The van der Waals surface area contributed by atoms with E-state index >= 15 is 0 Å². The van der Waals surface area contributed by atoms with Gasteiger partial charge in [0.15, 0.2) is 17.5 Å². The SMILES string of the molecule is CCOc1cc(C(=O)Nc2ccc(F)c(F)c2F)ncn1. The van der Waals surface area contributed by atoms with Gasteiger partial charge in [-0.1, -0.05) is 0 Å². The van der Waals surface area contributed by atoms with E-state index in [1.54, 1.807) is 6.92 Å². The van der Waals surface area contributed by atoms with Crippen molar-refractivity contribution in [2.45, 2.75) is 6.92 Å². The van der Waals surface area contributed by atoms with Crippen LogP contribution in [0.1, 0.15) is 17.4 Å². The molecule has 0 saturated heterocycles. The Balaban J connectivity index is 2.22. The van der Waals surface area contributed by atoms with E-state index in [1.807, 2.05) is 0 Å². The van der Waals surface area contributed by atoms with Crippen molar-refractivity contribution < 1.29 is 22.7 Å². The zero-order valence-electron chi connectivity index (χ0n) is 10.9. The van der Waals surface area contributed by atoms with Crippen LogP contribution in [-0.4, -0.2) is 22.5 Å². The van der Waals surface area contributed by atoms with Gasteiger partial charge in [-0.2, -0.15) is 0 Å². The van der Waals surface area contributed by atoms with Crippen LogP contribution in [0, 0.1) is 17.5 Å². The molecule has 2 aromatic rings. The smallest absolute Gasteiger partial charge is 0.274 e. The second kappa shape index (κ2) is 6.21. The van der Waals surface area contributed by atoms with Crippen LogP contribution < -0.4 is 10.1 Å². The molecule has 0 aliphatic carbocycles. The Morgan fingerprint density at radius 3 is 2.71 bits per heavy atom. The number of hydrogen-bond acceptors (Lipinski definition) is 4. The molecule has 0 saturated carbocycles. The number of hydrogen-bond donors (Lipinski definition) is 1. The number of ether oxygens (including phenoxy) is 1. The average Bonchev–Trinajstić information content (AvgIpc) is 2.48. The predicted octanol–water partition coefficient (Wildman–Crippen LogP) is 2.54. The van der Waals surface area contributed by atoms with Crippen molar-refractivity contribution in [3.63, 3.8) is 0 Å². The summed E-state index contributed by atoms with van der Waals surface area (Å²) in [6.45, 7) is 2.08. The summed E-state index contributed by atoms with van der Waals surface area (Å²) in [5, 5.41) is 2.10. The van der Waals surface area contributed by atoms with E-state index < -0.39 is 29.0 Å². The Morgan fingerprint density at radius 2 is 2.00 bits per heavy atom. The number of halogens is 3. The Hall–Kier alpha value is -2.64. The summed E-state index contributed by atoms with van der Waals surface area (Å²) in [6.07, 6.45) is 1.10. The molecule has 0 aliphatic rings.